The maximum atomic E-state index is 4.69. The van der Waals surface area contributed by atoms with Crippen LogP contribution in [0.2, 0.25) is 0 Å². The summed E-state index contributed by atoms with van der Waals surface area (Å²) in [6.07, 6.45) is 13.5. The Morgan fingerprint density at radius 2 is 1.81 bits per heavy atom. The van der Waals surface area contributed by atoms with Crippen molar-refractivity contribution in [2.75, 3.05) is 11.9 Å². The lowest BCUT2D eigenvalue weighted by atomic mass is 9.84. The van der Waals surface area contributed by atoms with E-state index in [2.05, 4.69) is 49.4 Å². The summed E-state index contributed by atoms with van der Waals surface area (Å²) in [7, 11) is 1.93. The molecule has 0 saturated heterocycles. The van der Waals surface area contributed by atoms with Gasteiger partial charge >= 0.3 is 0 Å². The van der Waals surface area contributed by atoms with Crippen LogP contribution in [0.3, 0.4) is 0 Å². The van der Waals surface area contributed by atoms with Gasteiger partial charge in [0.1, 0.15) is 0 Å². The van der Waals surface area contributed by atoms with Crippen molar-refractivity contribution in [1.82, 2.24) is 25.1 Å². The predicted molar refractivity (Wildman–Crippen MR) is 105 cm³/mol. The quantitative estimate of drug-likeness (QED) is 0.685. The average molecular weight is 360 g/mol. The van der Waals surface area contributed by atoms with Gasteiger partial charge in [-0.15, -0.1) is 5.10 Å². The fourth-order valence-electron chi connectivity index (χ4n) is 3.68. The van der Waals surface area contributed by atoms with Gasteiger partial charge in [-0.2, -0.15) is 5.10 Å². The highest BCUT2D eigenvalue weighted by atomic mass is 15.3. The summed E-state index contributed by atoms with van der Waals surface area (Å²) in [5.74, 6) is 1.29. The van der Waals surface area contributed by atoms with Crippen molar-refractivity contribution in [2.24, 2.45) is 0 Å². The largest absolute Gasteiger partial charge is 0.337 e. The van der Waals surface area contributed by atoms with Crippen LogP contribution in [0.1, 0.15) is 49.3 Å². The highest BCUT2D eigenvalue weighted by Crippen LogP contribution is 2.33. The van der Waals surface area contributed by atoms with E-state index in [-0.39, 0.29) is 0 Å². The molecule has 1 fully saturated rings. The summed E-state index contributed by atoms with van der Waals surface area (Å²) >= 11 is 0. The minimum absolute atomic E-state index is 0.578. The van der Waals surface area contributed by atoms with Gasteiger partial charge in [0.25, 0.3) is 0 Å². The van der Waals surface area contributed by atoms with Gasteiger partial charge < -0.3 is 4.90 Å². The summed E-state index contributed by atoms with van der Waals surface area (Å²) in [6, 6.07) is 8.80. The summed E-state index contributed by atoms with van der Waals surface area (Å²) in [6.45, 7) is 0.583. The molecule has 0 bridgehead atoms. The van der Waals surface area contributed by atoms with E-state index in [0.29, 0.717) is 18.4 Å². The molecule has 0 radical (unpaired) electrons. The first-order valence-electron chi connectivity index (χ1n) is 9.56. The second kappa shape index (κ2) is 8.20. The zero-order valence-electron chi connectivity index (χ0n) is 15.6. The average Bonchev–Trinajstić information content (AvgIpc) is 2.75. The molecule has 0 atom stereocenters. The van der Waals surface area contributed by atoms with Crippen molar-refractivity contribution < 1.29 is 0 Å². The van der Waals surface area contributed by atoms with Gasteiger partial charge in [-0.3, -0.25) is 9.97 Å². The van der Waals surface area contributed by atoms with E-state index in [1.165, 1.54) is 37.7 Å². The number of rotatable bonds is 5. The summed E-state index contributed by atoms with van der Waals surface area (Å²) in [4.78, 5) is 15.0. The third-order valence-corrected chi connectivity index (χ3v) is 5.19. The number of benzene rings is 1. The van der Waals surface area contributed by atoms with Crippen molar-refractivity contribution in [3.05, 3.63) is 60.3 Å². The Labute approximate surface area is 159 Å². The third-order valence-electron chi connectivity index (χ3n) is 5.19. The number of hydrogen-bond donors (Lipinski definition) is 0. The predicted octanol–water partition coefficient (Wildman–Crippen LogP) is 4.01. The molecule has 0 N–H and O–H groups in total. The topological polar surface area (TPSA) is 67.7 Å². The van der Waals surface area contributed by atoms with Crippen molar-refractivity contribution in [2.45, 2.75) is 44.6 Å². The molecule has 2 aromatic heterocycles. The molecule has 0 unspecified atom stereocenters. The molecular formula is C21H24N6. The zero-order valence-corrected chi connectivity index (χ0v) is 15.6. The van der Waals surface area contributed by atoms with Crippen molar-refractivity contribution in [3.63, 3.8) is 0 Å². The molecule has 6 heteroatoms. The van der Waals surface area contributed by atoms with Gasteiger partial charge in [0.15, 0.2) is 0 Å². The second-order valence-corrected chi connectivity index (χ2v) is 7.15. The fourth-order valence-corrected chi connectivity index (χ4v) is 3.68. The van der Waals surface area contributed by atoms with Gasteiger partial charge in [-0.1, -0.05) is 43.5 Å². The molecule has 3 aromatic rings. The van der Waals surface area contributed by atoms with Crippen LogP contribution >= 0.6 is 0 Å². The Bertz CT molecular complexity index is 859. The molecule has 1 aromatic carbocycles. The highest BCUT2D eigenvalue weighted by molar-refractivity contribution is 5.59. The Balaban J connectivity index is 1.50. The molecule has 6 nitrogen and oxygen atoms in total. The Morgan fingerprint density at radius 3 is 2.56 bits per heavy atom. The van der Waals surface area contributed by atoms with Crippen LogP contribution < -0.4 is 4.90 Å². The smallest absolute Gasteiger partial charge is 0.246 e. The first-order valence-corrected chi connectivity index (χ1v) is 9.56. The van der Waals surface area contributed by atoms with E-state index in [4.69, 9.17) is 0 Å². The van der Waals surface area contributed by atoms with Crippen LogP contribution in [0.5, 0.6) is 0 Å². The number of hydrogen-bond acceptors (Lipinski definition) is 6. The first kappa shape index (κ1) is 17.5. The van der Waals surface area contributed by atoms with Gasteiger partial charge in [0.2, 0.25) is 5.95 Å². The lowest BCUT2D eigenvalue weighted by Gasteiger charge is -2.22. The van der Waals surface area contributed by atoms with Crippen molar-refractivity contribution >= 4 is 5.95 Å². The monoisotopic (exact) mass is 360 g/mol. The second-order valence-electron chi connectivity index (χ2n) is 7.15. The van der Waals surface area contributed by atoms with Gasteiger partial charge in [-0.05, 0) is 24.3 Å². The van der Waals surface area contributed by atoms with Gasteiger partial charge in [-0.25, -0.2) is 4.98 Å². The minimum Gasteiger partial charge on any atom is -0.337 e. The summed E-state index contributed by atoms with van der Waals surface area (Å²) in [5, 5.41) is 8.31. The normalized spacial score (nSPS) is 14.9. The van der Waals surface area contributed by atoms with E-state index in [1.807, 2.05) is 11.9 Å². The SMILES string of the molecule is CN(Cc1cnccn1)c1nncc(-c2ccc(C3CCCCC3)cc2)n1. The van der Waals surface area contributed by atoms with Crippen molar-refractivity contribution in [1.29, 1.82) is 0 Å². The maximum Gasteiger partial charge on any atom is 0.246 e. The van der Waals surface area contributed by atoms with E-state index >= 15 is 0 Å². The van der Waals surface area contributed by atoms with E-state index < -0.39 is 0 Å². The highest BCUT2D eigenvalue weighted by Gasteiger charge is 2.15. The van der Waals surface area contributed by atoms with Crippen LogP contribution in [0.25, 0.3) is 11.3 Å². The van der Waals surface area contributed by atoms with Gasteiger partial charge in [0, 0.05) is 25.0 Å². The number of anilines is 1. The van der Waals surface area contributed by atoms with Crippen LogP contribution in [-0.4, -0.2) is 32.2 Å². The third kappa shape index (κ3) is 4.27. The molecule has 1 aliphatic carbocycles. The van der Waals surface area contributed by atoms with E-state index in [1.54, 1.807) is 24.8 Å². The minimum atomic E-state index is 0.578. The molecule has 138 valence electrons. The molecule has 0 amide bonds. The molecule has 1 saturated carbocycles. The molecule has 27 heavy (non-hydrogen) atoms. The molecule has 2 heterocycles. The Kier molecular flexibility index (Phi) is 5.32. The van der Waals surface area contributed by atoms with E-state index in [9.17, 15) is 0 Å². The van der Waals surface area contributed by atoms with Crippen molar-refractivity contribution in [3.8, 4) is 11.3 Å². The molecule has 0 aliphatic heterocycles. The molecule has 4 rings (SSSR count). The lowest BCUT2D eigenvalue weighted by molar-refractivity contribution is 0.443. The standard InChI is InChI=1S/C21H24N6/c1-27(15-19-13-22-11-12-23-19)21-25-20(14-24-26-21)18-9-7-17(8-10-18)16-5-3-2-4-6-16/h7-14,16H,2-6,15H2,1H3. The number of nitrogens with zero attached hydrogens (tertiary/aromatic N) is 6. The van der Waals surface area contributed by atoms with Crippen LogP contribution in [-0.2, 0) is 6.54 Å². The maximum absolute atomic E-state index is 4.69. The van der Waals surface area contributed by atoms with Gasteiger partial charge in [0.05, 0.1) is 30.3 Å². The Morgan fingerprint density at radius 1 is 1.00 bits per heavy atom. The first-order chi connectivity index (χ1) is 13.3. The zero-order chi connectivity index (χ0) is 18.5. The molecular weight excluding hydrogens is 336 g/mol. The molecule has 0 spiro atoms. The van der Waals surface area contributed by atoms with Crippen LogP contribution in [0.4, 0.5) is 5.95 Å². The lowest BCUT2D eigenvalue weighted by Crippen LogP contribution is -2.20. The molecule has 1 aliphatic rings. The number of aromatic nitrogens is 5. The fraction of sp³-hybridized carbons (Fsp3) is 0.381. The van der Waals surface area contributed by atoms with Crippen LogP contribution in [0.15, 0.2) is 49.1 Å². The summed E-state index contributed by atoms with van der Waals surface area (Å²) < 4.78 is 0. The Hall–Kier alpha value is -2.89. The van der Waals surface area contributed by atoms with Crippen LogP contribution in [0, 0.1) is 0 Å². The van der Waals surface area contributed by atoms with E-state index in [0.717, 1.165) is 17.0 Å². The summed E-state index contributed by atoms with van der Waals surface area (Å²) in [5.41, 5.74) is 4.21.